The lowest BCUT2D eigenvalue weighted by Crippen LogP contribution is -2.46. The summed E-state index contributed by atoms with van der Waals surface area (Å²) in [5.74, 6) is -1.53. The van der Waals surface area contributed by atoms with Crippen LogP contribution in [0.25, 0.3) is 0 Å². The van der Waals surface area contributed by atoms with Crippen molar-refractivity contribution in [1.82, 2.24) is 10.6 Å². The molecule has 0 aliphatic rings. The molecule has 1 aromatic carbocycles. The number of benzene rings is 1. The first kappa shape index (κ1) is 15.9. The van der Waals surface area contributed by atoms with Gasteiger partial charge >= 0.3 is 12.0 Å². The van der Waals surface area contributed by atoms with Gasteiger partial charge in [-0.2, -0.15) is 0 Å². The van der Waals surface area contributed by atoms with Crippen LogP contribution in [0.5, 0.6) is 0 Å². The maximum atomic E-state index is 12.9. The Morgan fingerprint density at radius 2 is 2.20 bits per heavy atom. The molecule has 1 aromatic rings. The van der Waals surface area contributed by atoms with Gasteiger partial charge in [-0.1, -0.05) is 12.1 Å². The number of hydrogen-bond donors (Lipinski definition) is 3. The summed E-state index contributed by atoms with van der Waals surface area (Å²) in [7, 11) is 1.45. The Labute approximate surface area is 115 Å². The number of carbonyl (C=O) groups excluding carboxylic acids is 1. The highest BCUT2D eigenvalue weighted by Gasteiger charge is 2.19. The number of halogens is 1. The number of aliphatic carboxylic acids is 1. The zero-order valence-corrected chi connectivity index (χ0v) is 11.1. The average molecular weight is 284 g/mol. The minimum atomic E-state index is -1.14. The van der Waals surface area contributed by atoms with Crippen LogP contribution in [0, 0.1) is 5.82 Å². The van der Waals surface area contributed by atoms with Crippen LogP contribution in [0.4, 0.5) is 9.18 Å². The summed E-state index contributed by atoms with van der Waals surface area (Å²) < 4.78 is 17.7. The van der Waals surface area contributed by atoms with Gasteiger partial charge in [-0.25, -0.2) is 14.0 Å². The molecule has 0 aliphatic carbocycles. The summed E-state index contributed by atoms with van der Waals surface area (Å²) in [6.45, 7) is 0.335. The van der Waals surface area contributed by atoms with Gasteiger partial charge in [-0.15, -0.1) is 0 Å². The van der Waals surface area contributed by atoms with E-state index in [1.807, 2.05) is 0 Å². The largest absolute Gasteiger partial charge is 0.480 e. The second-order valence-corrected chi connectivity index (χ2v) is 4.13. The summed E-state index contributed by atoms with van der Waals surface area (Å²) in [6.07, 6.45) is 0.166. The van der Waals surface area contributed by atoms with Crippen molar-refractivity contribution in [2.24, 2.45) is 0 Å². The molecule has 0 aliphatic heterocycles. The van der Waals surface area contributed by atoms with Crippen molar-refractivity contribution in [3.63, 3.8) is 0 Å². The van der Waals surface area contributed by atoms with Crippen LogP contribution in [0.1, 0.15) is 12.0 Å². The molecule has 0 saturated heterocycles. The Balaban J connectivity index is 2.43. The lowest BCUT2D eigenvalue weighted by molar-refractivity contribution is -0.139. The molecule has 0 bridgehead atoms. The first-order valence-corrected chi connectivity index (χ1v) is 6.03. The van der Waals surface area contributed by atoms with Gasteiger partial charge in [0.1, 0.15) is 11.9 Å². The lowest BCUT2D eigenvalue weighted by atomic mass is 10.2. The van der Waals surface area contributed by atoms with E-state index in [-0.39, 0.29) is 19.6 Å². The van der Waals surface area contributed by atoms with Crippen molar-refractivity contribution >= 4 is 12.0 Å². The number of hydrogen-bond acceptors (Lipinski definition) is 3. The normalized spacial score (nSPS) is 11.7. The Kier molecular flexibility index (Phi) is 6.45. The smallest absolute Gasteiger partial charge is 0.326 e. The molecule has 20 heavy (non-hydrogen) atoms. The minimum absolute atomic E-state index is 0.111. The van der Waals surface area contributed by atoms with E-state index in [2.05, 4.69) is 10.6 Å². The van der Waals surface area contributed by atoms with Crippen LogP contribution in [-0.4, -0.2) is 36.9 Å². The molecule has 0 aromatic heterocycles. The second kappa shape index (κ2) is 8.11. The van der Waals surface area contributed by atoms with E-state index in [1.54, 1.807) is 6.07 Å². The van der Waals surface area contributed by atoms with E-state index < -0.39 is 23.9 Å². The monoisotopic (exact) mass is 284 g/mol. The van der Waals surface area contributed by atoms with Crippen molar-refractivity contribution in [3.05, 3.63) is 35.6 Å². The topological polar surface area (TPSA) is 87.7 Å². The van der Waals surface area contributed by atoms with Gasteiger partial charge in [0.25, 0.3) is 0 Å². The van der Waals surface area contributed by atoms with E-state index in [1.165, 1.54) is 25.3 Å². The van der Waals surface area contributed by atoms with Gasteiger partial charge in [0.05, 0.1) is 0 Å². The maximum Gasteiger partial charge on any atom is 0.326 e. The average Bonchev–Trinajstić information content (AvgIpc) is 2.41. The van der Waals surface area contributed by atoms with E-state index in [0.717, 1.165) is 0 Å². The Hall–Kier alpha value is -2.15. The number of amides is 2. The van der Waals surface area contributed by atoms with E-state index in [9.17, 15) is 14.0 Å². The van der Waals surface area contributed by atoms with Gasteiger partial charge in [-0.3, -0.25) is 0 Å². The van der Waals surface area contributed by atoms with Gasteiger partial charge in [0.2, 0.25) is 0 Å². The van der Waals surface area contributed by atoms with E-state index in [0.29, 0.717) is 5.56 Å². The molecule has 1 atom stereocenters. The van der Waals surface area contributed by atoms with Gasteiger partial charge in [0.15, 0.2) is 0 Å². The van der Waals surface area contributed by atoms with Crippen molar-refractivity contribution in [3.8, 4) is 0 Å². The van der Waals surface area contributed by atoms with Crippen LogP contribution in [0.3, 0.4) is 0 Å². The molecule has 1 unspecified atom stereocenters. The number of carboxylic acids is 1. The Morgan fingerprint density at radius 1 is 1.45 bits per heavy atom. The predicted molar refractivity (Wildman–Crippen MR) is 69.7 cm³/mol. The van der Waals surface area contributed by atoms with Crippen molar-refractivity contribution in [2.75, 3.05) is 13.7 Å². The van der Waals surface area contributed by atoms with Crippen LogP contribution in [0.2, 0.25) is 0 Å². The first-order valence-electron chi connectivity index (χ1n) is 6.03. The standard InChI is InChI=1S/C13H17FN2O4/c1-20-6-5-11(12(17)18)16-13(19)15-8-9-3-2-4-10(14)7-9/h2-4,7,11H,5-6,8H2,1H3,(H,17,18)(H2,15,16,19). The lowest BCUT2D eigenvalue weighted by Gasteiger charge is -2.14. The van der Waals surface area contributed by atoms with Crippen molar-refractivity contribution < 1.29 is 23.8 Å². The third-order valence-corrected chi connectivity index (χ3v) is 2.56. The van der Waals surface area contributed by atoms with Gasteiger partial charge in [-0.05, 0) is 17.7 Å². The number of rotatable bonds is 7. The zero-order valence-electron chi connectivity index (χ0n) is 11.1. The molecule has 7 heteroatoms. The SMILES string of the molecule is COCCC(NC(=O)NCc1cccc(F)c1)C(=O)O. The third kappa shape index (κ3) is 5.66. The number of carboxylic acid groups (broad SMARTS) is 1. The summed E-state index contributed by atoms with van der Waals surface area (Å²) >= 11 is 0. The summed E-state index contributed by atoms with van der Waals surface area (Å²) in [6, 6.07) is 4.13. The van der Waals surface area contributed by atoms with Crippen molar-refractivity contribution in [1.29, 1.82) is 0 Å². The van der Waals surface area contributed by atoms with Crippen LogP contribution < -0.4 is 10.6 Å². The molecule has 0 heterocycles. The fourth-order valence-electron chi connectivity index (χ4n) is 1.53. The third-order valence-electron chi connectivity index (χ3n) is 2.56. The number of ether oxygens (including phenoxy) is 1. The second-order valence-electron chi connectivity index (χ2n) is 4.13. The molecule has 0 fully saturated rings. The van der Waals surface area contributed by atoms with Crippen LogP contribution in [-0.2, 0) is 16.1 Å². The molecule has 0 saturated carbocycles. The van der Waals surface area contributed by atoms with Crippen LogP contribution in [0.15, 0.2) is 24.3 Å². The highest BCUT2D eigenvalue weighted by atomic mass is 19.1. The summed E-state index contributed by atoms with van der Waals surface area (Å²) in [4.78, 5) is 22.5. The zero-order chi connectivity index (χ0) is 15.0. The number of carbonyl (C=O) groups is 2. The fraction of sp³-hybridized carbons (Fsp3) is 0.385. The molecule has 1 rings (SSSR count). The highest BCUT2D eigenvalue weighted by molar-refractivity contribution is 5.82. The quantitative estimate of drug-likeness (QED) is 0.700. The fourth-order valence-corrected chi connectivity index (χ4v) is 1.53. The molecule has 2 amide bonds. The van der Waals surface area contributed by atoms with E-state index in [4.69, 9.17) is 9.84 Å². The number of methoxy groups -OCH3 is 1. The maximum absolute atomic E-state index is 12.9. The molecular formula is C13H17FN2O4. The Bertz CT molecular complexity index is 467. The summed E-state index contributed by atoms with van der Waals surface area (Å²) in [5, 5.41) is 13.7. The highest BCUT2D eigenvalue weighted by Crippen LogP contribution is 2.02. The molecular weight excluding hydrogens is 267 g/mol. The number of nitrogens with one attached hydrogen (secondary N) is 2. The molecule has 6 nitrogen and oxygen atoms in total. The molecule has 0 radical (unpaired) electrons. The van der Waals surface area contributed by atoms with Gasteiger partial charge in [0, 0.05) is 26.7 Å². The molecule has 3 N–H and O–H groups in total. The van der Waals surface area contributed by atoms with Gasteiger partial charge < -0.3 is 20.5 Å². The predicted octanol–water partition coefficient (Wildman–Crippen LogP) is 1.11. The molecule has 0 spiro atoms. The first-order chi connectivity index (χ1) is 9.52. The summed E-state index contributed by atoms with van der Waals surface area (Å²) in [5.41, 5.74) is 0.587. The van der Waals surface area contributed by atoms with Crippen LogP contribution >= 0.6 is 0 Å². The van der Waals surface area contributed by atoms with Crippen molar-refractivity contribution in [2.45, 2.75) is 19.0 Å². The molecule has 110 valence electrons. The number of urea groups is 1. The van der Waals surface area contributed by atoms with E-state index >= 15 is 0 Å². The minimum Gasteiger partial charge on any atom is -0.480 e. The Morgan fingerprint density at radius 3 is 2.80 bits per heavy atom.